The minimum absolute atomic E-state index is 0.00130. The van der Waals surface area contributed by atoms with Gasteiger partial charge in [0.25, 0.3) is 0 Å². The van der Waals surface area contributed by atoms with Gasteiger partial charge in [0.1, 0.15) is 12.2 Å². The molecular formula is C23H35N5O3S. The number of hydrazine groups is 1. The second kappa shape index (κ2) is 11.0. The molecule has 2 fully saturated rings. The van der Waals surface area contributed by atoms with Crippen LogP contribution in [0.15, 0.2) is 30.3 Å². The first-order valence-corrected chi connectivity index (χ1v) is 12.6. The van der Waals surface area contributed by atoms with E-state index in [4.69, 9.17) is 0 Å². The average molecular weight is 462 g/mol. The molecule has 1 N–H and O–H groups in total. The Morgan fingerprint density at radius 2 is 1.94 bits per heavy atom. The van der Waals surface area contributed by atoms with Gasteiger partial charge in [0.05, 0.1) is 13.1 Å². The summed E-state index contributed by atoms with van der Waals surface area (Å²) in [5, 5.41) is 6.27. The first kappa shape index (κ1) is 24.4. The van der Waals surface area contributed by atoms with Crippen LogP contribution in [-0.2, 0) is 16.1 Å². The summed E-state index contributed by atoms with van der Waals surface area (Å²) in [6.45, 7) is 5.56. The van der Waals surface area contributed by atoms with E-state index < -0.39 is 12.2 Å². The summed E-state index contributed by atoms with van der Waals surface area (Å²) in [5.74, 6) is 1.13. The van der Waals surface area contributed by atoms with Gasteiger partial charge >= 0.3 is 6.03 Å². The fraction of sp³-hybridized carbons (Fsp3) is 0.609. The minimum Gasteiger partial charge on any atom is -0.337 e. The fourth-order valence-electron chi connectivity index (χ4n) is 4.46. The molecule has 0 aliphatic carbocycles. The van der Waals surface area contributed by atoms with Gasteiger partial charge in [0.15, 0.2) is 0 Å². The quantitative estimate of drug-likeness (QED) is 0.601. The molecule has 32 heavy (non-hydrogen) atoms. The van der Waals surface area contributed by atoms with Crippen molar-refractivity contribution in [1.82, 2.24) is 25.1 Å². The normalized spacial score (nSPS) is 21.8. The number of thioether (sulfide) groups is 1. The zero-order chi connectivity index (χ0) is 23.3. The number of urea groups is 1. The molecule has 0 radical (unpaired) electrons. The van der Waals surface area contributed by atoms with Crippen LogP contribution in [0, 0.1) is 5.92 Å². The number of fused-ring (bicyclic) bond motifs is 1. The van der Waals surface area contributed by atoms with Crippen molar-refractivity contribution in [3.63, 3.8) is 0 Å². The first-order valence-electron chi connectivity index (χ1n) is 11.2. The number of nitrogens with one attached hydrogen (secondary N) is 1. The van der Waals surface area contributed by atoms with Crippen molar-refractivity contribution in [1.29, 1.82) is 0 Å². The van der Waals surface area contributed by atoms with Crippen molar-refractivity contribution in [2.45, 2.75) is 45.4 Å². The minimum atomic E-state index is -0.523. The lowest BCUT2D eigenvalue weighted by Gasteiger charge is -2.54. The van der Waals surface area contributed by atoms with Crippen molar-refractivity contribution < 1.29 is 14.4 Å². The summed E-state index contributed by atoms with van der Waals surface area (Å²) in [5.41, 5.74) is 1.00. The highest BCUT2D eigenvalue weighted by atomic mass is 32.2. The van der Waals surface area contributed by atoms with Crippen molar-refractivity contribution in [3.05, 3.63) is 35.9 Å². The summed E-state index contributed by atoms with van der Waals surface area (Å²) in [6, 6.07) is 8.94. The van der Waals surface area contributed by atoms with Crippen LogP contribution in [0.3, 0.4) is 0 Å². The summed E-state index contributed by atoms with van der Waals surface area (Å²) < 4.78 is 0. The molecule has 0 bridgehead atoms. The van der Waals surface area contributed by atoms with Gasteiger partial charge in [-0.05, 0) is 36.3 Å². The molecule has 3 rings (SSSR count). The van der Waals surface area contributed by atoms with Gasteiger partial charge in [0, 0.05) is 20.1 Å². The summed E-state index contributed by atoms with van der Waals surface area (Å²) in [6.07, 6.45) is 2.99. The Kier molecular flexibility index (Phi) is 8.42. The molecule has 0 saturated carbocycles. The van der Waals surface area contributed by atoms with E-state index in [1.807, 2.05) is 41.5 Å². The number of nitrogens with zero attached hydrogens (tertiary/aromatic N) is 4. The van der Waals surface area contributed by atoms with E-state index in [0.29, 0.717) is 32.0 Å². The molecule has 2 aliphatic heterocycles. The maximum absolute atomic E-state index is 13.3. The Hall–Kier alpha value is -2.26. The number of hydrogen-bond acceptors (Lipinski definition) is 5. The number of carbonyl (C=O) groups excluding carboxylic acids is 3. The van der Waals surface area contributed by atoms with Crippen LogP contribution in [0.25, 0.3) is 0 Å². The SMILES string of the molecule is CSCCC[C@H]1C(=O)N(CC(C)C)C[C@H]2N1C(=O)CN(C)N2C(=O)NCc1ccccc1. The molecule has 0 spiro atoms. The van der Waals surface area contributed by atoms with Gasteiger partial charge in [-0.15, -0.1) is 0 Å². The fourth-order valence-corrected chi connectivity index (χ4v) is 4.92. The van der Waals surface area contributed by atoms with Gasteiger partial charge in [-0.1, -0.05) is 44.2 Å². The van der Waals surface area contributed by atoms with Gasteiger partial charge in [-0.2, -0.15) is 11.8 Å². The third-order valence-corrected chi connectivity index (χ3v) is 6.54. The molecule has 2 atom stereocenters. The lowest BCUT2D eigenvalue weighted by atomic mass is 10.0. The highest BCUT2D eigenvalue weighted by Gasteiger charge is 2.50. The maximum atomic E-state index is 13.3. The maximum Gasteiger partial charge on any atom is 0.334 e. The largest absolute Gasteiger partial charge is 0.337 e. The molecule has 176 valence electrons. The van der Waals surface area contributed by atoms with Crippen molar-refractivity contribution in [2.24, 2.45) is 5.92 Å². The van der Waals surface area contributed by atoms with Gasteiger partial charge in [-0.25, -0.2) is 14.8 Å². The Bertz CT molecular complexity index is 806. The topological polar surface area (TPSA) is 76.2 Å². The third kappa shape index (κ3) is 5.56. The zero-order valence-electron chi connectivity index (χ0n) is 19.5. The number of hydrogen-bond donors (Lipinski definition) is 1. The van der Waals surface area contributed by atoms with Crippen LogP contribution in [0.1, 0.15) is 32.3 Å². The first-order chi connectivity index (χ1) is 15.3. The second-order valence-electron chi connectivity index (χ2n) is 8.87. The molecular weight excluding hydrogens is 426 g/mol. The molecule has 9 heteroatoms. The molecule has 1 aromatic carbocycles. The zero-order valence-corrected chi connectivity index (χ0v) is 20.3. The number of piperazine rings is 1. The Balaban J connectivity index is 1.83. The predicted octanol–water partition coefficient (Wildman–Crippen LogP) is 2.22. The Labute approximate surface area is 195 Å². The summed E-state index contributed by atoms with van der Waals surface area (Å²) in [4.78, 5) is 43.1. The van der Waals surface area contributed by atoms with Crippen LogP contribution in [0.5, 0.6) is 0 Å². The van der Waals surface area contributed by atoms with Gasteiger partial charge in [-0.3, -0.25) is 9.59 Å². The number of likely N-dealkylation sites (N-methyl/N-ethyl adjacent to an activating group) is 1. The number of carbonyl (C=O) groups is 3. The van der Waals surface area contributed by atoms with Gasteiger partial charge in [0.2, 0.25) is 11.8 Å². The van der Waals surface area contributed by atoms with Crippen LogP contribution in [-0.4, -0.2) is 88.6 Å². The molecule has 4 amide bonds. The van der Waals surface area contributed by atoms with Crippen LogP contribution in [0.4, 0.5) is 4.79 Å². The highest BCUT2D eigenvalue weighted by Crippen LogP contribution is 2.28. The smallest absolute Gasteiger partial charge is 0.334 e. The van der Waals surface area contributed by atoms with Crippen molar-refractivity contribution in [2.75, 3.05) is 38.7 Å². The van der Waals surface area contributed by atoms with Crippen LogP contribution in [0.2, 0.25) is 0 Å². The molecule has 2 saturated heterocycles. The number of benzene rings is 1. The van der Waals surface area contributed by atoms with Crippen molar-refractivity contribution in [3.8, 4) is 0 Å². The third-order valence-electron chi connectivity index (χ3n) is 5.85. The molecule has 2 heterocycles. The van der Waals surface area contributed by atoms with E-state index >= 15 is 0 Å². The number of rotatable bonds is 8. The summed E-state index contributed by atoms with van der Waals surface area (Å²) in [7, 11) is 1.75. The van der Waals surface area contributed by atoms with Crippen molar-refractivity contribution >= 4 is 29.6 Å². The van der Waals surface area contributed by atoms with E-state index in [0.717, 1.165) is 17.7 Å². The van der Waals surface area contributed by atoms with Gasteiger partial charge < -0.3 is 15.1 Å². The predicted molar refractivity (Wildman–Crippen MR) is 127 cm³/mol. The second-order valence-corrected chi connectivity index (χ2v) is 9.86. The number of amides is 4. The molecule has 1 aromatic rings. The standard InChI is InChI=1S/C23H35N5O3S/c1-17(2)14-26-15-20-27(19(22(26)30)11-8-12-32-4)21(29)16-25(3)28(20)23(31)24-13-18-9-6-5-7-10-18/h5-7,9-10,17,19-20H,8,11-16H2,1-4H3,(H,24,31)/t19-,20-/m0/s1. The molecule has 0 unspecified atom stereocenters. The lowest BCUT2D eigenvalue weighted by molar-refractivity contribution is -0.187. The highest BCUT2D eigenvalue weighted by molar-refractivity contribution is 7.98. The van der Waals surface area contributed by atoms with E-state index in [1.54, 1.807) is 33.7 Å². The van der Waals surface area contributed by atoms with Crippen LogP contribution < -0.4 is 5.32 Å². The molecule has 0 aromatic heterocycles. The Morgan fingerprint density at radius 3 is 2.59 bits per heavy atom. The van der Waals surface area contributed by atoms with E-state index in [-0.39, 0.29) is 24.4 Å². The van der Waals surface area contributed by atoms with E-state index in [1.165, 1.54) is 0 Å². The van der Waals surface area contributed by atoms with E-state index in [9.17, 15) is 14.4 Å². The average Bonchev–Trinajstić information content (AvgIpc) is 2.75. The summed E-state index contributed by atoms with van der Waals surface area (Å²) >= 11 is 1.73. The molecule has 8 nitrogen and oxygen atoms in total. The molecule has 2 aliphatic rings. The van der Waals surface area contributed by atoms with E-state index in [2.05, 4.69) is 19.2 Å². The lowest BCUT2D eigenvalue weighted by Crippen LogP contribution is -2.76. The van der Waals surface area contributed by atoms with Crippen LogP contribution >= 0.6 is 11.8 Å². The monoisotopic (exact) mass is 461 g/mol. The Morgan fingerprint density at radius 1 is 1.22 bits per heavy atom.